The molecule has 0 unspecified atom stereocenters. The van der Waals surface area contributed by atoms with Crippen LogP contribution >= 0.6 is 0 Å². The van der Waals surface area contributed by atoms with Gasteiger partial charge in [-0.2, -0.15) is 0 Å². The molecular weight excluding hydrogens is 664 g/mol. The fourth-order valence-electron chi connectivity index (χ4n) is 7.02. The average molecular weight is 715 g/mol. The summed E-state index contributed by atoms with van der Waals surface area (Å²) < 4.78 is 47.5. The molecule has 0 amide bonds. The average Bonchev–Trinajstić information content (AvgIpc) is 3.21. The number of ether oxygens (including phenoxy) is 7. The van der Waals surface area contributed by atoms with Gasteiger partial charge in [0.15, 0.2) is 6.10 Å². The summed E-state index contributed by atoms with van der Waals surface area (Å²) in [6.07, 6.45) is 1.06. The zero-order chi connectivity index (χ0) is 36.1. The van der Waals surface area contributed by atoms with Crippen molar-refractivity contribution in [1.29, 1.82) is 0 Å². The van der Waals surface area contributed by atoms with E-state index in [-0.39, 0.29) is 6.61 Å². The molecule has 7 nitrogen and oxygen atoms in total. The molecule has 5 aromatic rings. The molecule has 5 aromatic carbocycles. The van der Waals surface area contributed by atoms with E-state index in [1.165, 1.54) is 0 Å². The summed E-state index contributed by atoms with van der Waals surface area (Å²) in [4.78, 5) is 0. The van der Waals surface area contributed by atoms with Crippen LogP contribution in [0.4, 0.5) is 0 Å². The zero-order valence-corrected chi connectivity index (χ0v) is 30.5. The van der Waals surface area contributed by atoms with Crippen molar-refractivity contribution in [3.63, 3.8) is 0 Å². The highest BCUT2D eigenvalue weighted by Gasteiger charge is 2.59. The molecule has 2 heterocycles. The Morgan fingerprint density at radius 2 is 1.17 bits per heavy atom. The molecule has 7 rings (SSSR count). The molecule has 0 radical (unpaired) electrons. The van der Waals surface area contributed by atoms with Gasteiger partial charge in [0, 0.05) is 6.42 Å². The molecule has 53 heavy (non-hydrogen) atoms. The SMILES string of the molecule is CCCCOc1ccc2c(c1)CC[C@]1(O2)O[C@H](COCc2ccccc2)[C@H](OCc2ccccc2)[C@H](OCc2ccccc2)[C@H]1OCc1ccccc1. The van der Waals surface area contributed by atoms with Crippen LogP contribution in [0.1, 0.15) is 54.0 Å². The Morgan fingerprint density at radius 3 is 1.75 bits per heavy atom. The zero-order valence-electron chi connectivity index (χ0n) is 30.5. The fourth-order valence-corrected chi connectivity index (χ4v) is 7.02. The maximum atomic E-state index is 7.20. The van der Waals surface area contributed by atoms with Crippen molar-refractivity contribution in [2.24, 2.45) is 0 Å². The minimum atomic E-state index is -1.18. The Balaban J connectivity index is 1.24. The second kappa shape index (κ2) is 18.5. The van der Waals surface area contributed by atoms with Crippen LogP contribution in [-0.2, 0) is 56.5 Å². The number of hydrogen-bond acceptors (Lipinski definition) is 7. The van der Waals surface area contributed by atoms with Crippen molar-refractivity contribution in [1.82, 2.24) is 0 Å². The van der Waals surface area contributed by atoms with E-state index in [9.17, 15) is 0 Å². The highest BCUT2D eigenvalue weighted by Crippen LogP contribution is 2.45. The van der Waals surface area contributed by atoms with Crippen LogP contribution in [0.15, 0.2) is 140 Å². The van der Waals surface area contributed by atoms with Gasteiger partial charge in [-0.15, -0.1) is 0 Å². The lowest BCUT2D eigenvalue weighted by atomic mass is 9.86. The molecule has 276 valence electrons. The Labute approximate surface area is 313 Å². The predicted octanol–water partition coefficient (Wildman–Crippen LogP) is 9.26. The van der Waals surface area contributed by atoms with Crippen LogP contribution in [0.25, 0.3) is 0 Å². The van der Waals surface area contributed by atoms with Gasteiger partial charge in [-0.05, 0) is 58.9 Å². The number of fused-ring (bicyclic) bond motifs is 1. The van der Waals surface area contributed by atoms with E-state index in [2.05, 4.69) is 61.5 Å². The first kappa shape index (κ1) is 36.8. The van der Waals surface area contributed by atoms with Gasteiger partial charge in [-0.1, -0.05) is 135 Å². The van der Waals surface area contributed by atoms with Crippen molar-refractivity contribution in [3.8, 4) is 11.5 Å². The van der Waals surface area contributed by atoms with E-state index in [4.69, 9.17) is 33.2 Å². The third kappa shape index (κ3) is 9.74. The van der Waals surface area contributed by atoms with Gasteiger partial charge in [0.1, 0.15) is 29.8 Å². The van der Waals surface area contributed by atoms with E-state index in [1.807, 2.05) is 84.9 Å². The number of benzene rings is 5. The monoisotopic (exact) mass is 714 g/mol. The molecule has 0 bridgehead atoms. The lowest BCUT2D eigenvalue weighted by Gasteiger charge is -2.53. The van der Waals surface area contributed by atoms with Gasteiger partial charge in [-0.3, -0.25) is 0 Å². The van der Waals surface area contributed by atoms with Gasteiger partial charge in [0.05, 0.1) is 39.6 Å². The molecule has 0 N–H and O–H groups in total. The van der Waals surface area contributed by atoms with E-state index >= 15 is 0 Å². The number of hydrogen-bond donors (Lipinski definition) is 0. The lowest BCUT2D eigenvalue weighted by Crippen LogP contribution is -2.69. The van der Waals surface area contributed by atoms with Crippen LogP contribution < -0.4 is 9.47 Å². The normalized spacial score (nSPS) is 22.2. The minimum Gasteiger partial charge on any atom is -0.494 e. The molecule has 0 aromatic heterocycles. The Bertz CT molecular complexity index is 1800. The van der Waals surface area contributed by atoms with Crippen molar-refractivity contribution in [2.45, 2.75) is 89.2 Å². The molecule has 2 aliphatic rings. The first-order valence-electron chi connectivity index (χ1n) is 18.9. The van der Waals surface area contributed by atoms with E-state index in [1.54, 1.807) is 0 Å². The van der Waals surface area contributed by atoms with Gasteiger partial charge >= 0.3 is 0 Å². The molecule has 5 atom stereocenters. The first-order valence-corrected chi connectivity index (χ1v) is 18.9. The van der Waals surface area contributed by atoms with Crippen LogP contribution in [0, 0.1) is 0 Å². The molecule has 0 saturated carbocycles. The standard InChI is InChI=1S/C46H50O7/c1-2-3-28-48-40-24-25-41-39(29-40)26-27-46(52-41)45(51-33-38-22-14-7-15-23-38)44(50-32-37-20-12-6-13-21-37)43(49-31-36-18-10-5-11-19-36)42(53-46)34-47-30-35-16-8-4-9-17-35/h4-25,29,42-45H,2-3,26-28,30-34H2,1H3/t42-,43+,44+,45-,46+/m1/s1. The molecule has 1 saturated heterocycles. The maximum absolute atomic E-state index is 7.20. The largest absolute Gasteiger partial charge is 0.494 e. The Morgan fingerprint density at radius 1 is 0.623 bits per heavy atom. The third-order valence-corrected chi connectivity index (χ3v) is 9.83. The molecule has 2 aliphatic heterocycles. The predicted molar refractivity (Wildman–Crippen MR) is 205 cm³/mol. The van der Waals surface area contributed by atoms with Crippen LogP contribution in [0.3, 0.4) is 0 Å². The Hall–Kier alpha value is -4.50. The first-order chi connectivity index (χ1) is 26.2. The topological polar surface area (TPSA) is 64.6 Å². The van der Waals surface area contributed by atoms with Crippen LogP contribution in [0.5, 0.6) is 11.5 Å². The molecule has 1 spiro atoms. The summed E-state index contributed by atoms with van der Waals surface area (Å²) in [6, 6.07) is 46.8. The molecule has 7 heteroatoms. The van der Waals surface area contributed by atoms with Gasteiger partial charge < -0.3 is 33.2 Å². The minimum absolute atomic E-state index is 0.271. The fraction of sp³-hybridized carbons (Fsp3) is 0.348. The Kier molecular flexibility index (Phi) is 12.9. The van der Waals surface area contributed by atoms with Crippen LogP contribution in [0.2, 0.25) is 0 Å². The quantitative estimate of drug-likeness (QED) is 0.0890. The van der Waals surface area contributed by atoms with Crippen molar-refractivity contribution in [3.05, 3.63) is 167 Å². The van der Waals surface area contributed by atoms with Gasteiger partial charge in [0.2, 0.25) is 5.79 Å². The molecule has 0 aliphatic carbocycles. The third-order valence-electron chi connectivity index (χ3n) is 9.83. The van der Waals surface area contributed by atoms with Gasteiger partial charge in [0.25, 0.3) is 0 Å². The van der Waals surface area contributed by atoms with Crippen molar-refractivity contribution < 1.29 is 33.2 Å². The number of rotatable bonds is 17. The maximum Gasteiger partial charge on any atom is 0.240 e. The highest BCUT2D eigenvalue weighted by atomic mass is 16.7. The molecular formula is C46H50O7. The summed E-state index contributed by atoms with van der Waals surface area (Å²) in [5, 5.41) is 0. The van der Waals surface area contributed by atoms with Crippen molar-refractivity contribution >= 4 is 0 Å². The van der Waals surface area contributed by atoms with E-state index in [0.717, 1.165) is 52.2 Å². The van der Waals surface area contributed by atoms with E-state index in [0.29, 0.717) is 45.9 Å². The van der Waals surface area contributed by atoms with Crippen molar-refractivity contribution in [2.75, 3.05) is 13.2 Å². The summed E-state index contributed by atoms with van der Waals surface area (Å²) in [7, 11) is 0. The second-order valence-corrected chi connectivity index (χ2v) is 13.8. The second-order valence-electron chi connectivity index (χ2n) is 13.8. The lowest BCUT2D eigenvalue weighted by molar-refractivity contribution is -0.364. The number of unbranched alkanes of at least 4 members (excludes halogenated alkanes) is 1. The van der Waals surface area contributed by atoms with Gasteiger partial charge in [-0.25, -0.2) is 0 Å². The van der Waals surface area contributed by atoms with Crippen LogP contribution in [-0.4, -0.2) is 43.4 Å². The summed E-state index contributed by atoms with van der Waals surface area (Å²) in [5.41, 5.74) is 5.32. The summed E-state index contributed by atoms with van der Waals surface area (Å²) in [6.45, 7) is 4.65. The summed E-state index contributed by atoms with van der Waals surface area (Å²) in [5.74, 6) is 0.423. The van der Waals surface area contributed by atoms with E-state index < -0.39 is 30.2 Å². The highest BCUT2D eigenvalue weighted by molar-refractivity contribution is 5.42. The molecule has 1 fully saturated rings. The smallest absolute Gasteiger partial charge is 0.240 e. The summed E-state index contributed by atoms with van der Waals surface area (Å²) >= 11 is 0. The number of aryl methyl sites for hydroxylation is 1.